The molecule has 0 saturated heterocycles. The van der Waals surface area contributed by atoms with E-state index in [9.17, 15) is 10.1 Å². The number of fused-ring (bicyclic) bond motifs is 3. The minimum Gasteiger partial charge on any atom is -0.370 e. The Morgan fingerprint density at radius 3 is 2.91 bits per heavy atom. The molecule has 22 heavy (non-hydrogen) atoms. The van der Waals surface area contributed by atoms with Gasteiger partial charge in [-0.1, -0.05) is 24.3 Å². The average Bonchev–Trinajstić information content (AvgIpc) is 3.03. The van der Waals surface area contributed by atoms with Crippen molar-refractivity contribution >= 4 is 11.5 Å². The van der Waals surface area contributed by atoms with Crippen LogP contribution in [0.25, 0.3) is 0 Å². The number of pyridine rings is 1. The molecule has 0 aliphatic heterocycles. The van der Waals surface area contributed by atoms with E-state index in [-0.39, 0.29) is 5.69 Å². The standard InChI is InChI=1S/C17H17N3O2/c1-10-15(20(21)22)6-7-16(19-10)18-9-14-13-8-11-4-2-3-5-12(11)17(13)14/h2-7,13-14,17H,8-9H2,1H3,(H,18,19). The molecule has 0 bridgehead atoms. The van der Waals surface area contributed by atoms with Crippen molar-refractivity contribution < 1.29 is 4.92 Å². The Bertz CT molecular complexity index is 759. The molecule has 0 spiro atoms. The molecule has 3 unspecified atom stereocenters. The molecule has 0 radical (unpaired) electrons. The van der Waals surface area contributed by atoms with Crippen LogP contribution in [0.2, 0.25) is 0 Å². The van der Waals surface area contributed by atoms with Crippen molar-refractivity contribution in [2.75, 3.05) is 11.9 Å². The van der Waals surface area contributed by atoms with Crippen LogP contribution in [0.5, 0.6) is 0 Å². The quantitative estimate of drug-likeness (QED) is 0.694. The number of anilines is 1. The van der Waals surface area contributed by atoms with E-state index in [1.165, 1.54) is 23.6 Å². The van der Waals surface area contributed by atoms with E-state index in [0.717, 1.165) is 18.3 Å². The smallest absolute Gasteiger partial charge is 0.290 e. The number of nitro groups is 1. The third kappa shape index (κ3) is 2.04. The first kappa shape index (κ1) is 13.2. The first-order chi connectivity index (χ1) is 10.6. The number of rotatable bonds is 4. The fourth-order valence-corrected chi connectivity index (χ4v) is 3.83. The van der Waals surface area contributed by atoms with Gasteiger partial charge >= 0.3 is 0 Å². The van der Waals surface area contributed by atoms with Gasteiger partial charge in [-0.3, -0.25) is 10.1 Å². The Kier molecular flexibility index (Phi) is 2.89. The Hall–Kier alpha value is -2.43. The van der Waals surface area contributed by atoms with Crippen LogP contribution in [-0.2, 0) is 6.42 Å². The van der Waals surface area contributed by atoms with Crippen LogP contribution in [0.4, 0.5) is 11.5 Å². The Morgan fingerprint density at radius 2 is 2.14 bits per heavy atom. The first-order valence-electron chi connectivity index (χ1n) is 7.59. The van der Waals surface area contributed by atoms with Crippen LogP contribution in [0.1, 0.15) is 22.7 Å². The van der Waals surface area contributed by atoms with Crippen molar-refractivity contribution in [2.24, 2.45) is 11.8 Å². The molecule has 5 heteroatoms. The van der Waals surface area contributed by atoms with Crippen molar-refractivity contribution in [3.63, 3.8) is 0 Å². The number of hydrogen-bond donors (Lipinski definition) is 1. The van der Waals surface area contributed by atoms with Crippen LogP contribution in [-0.4, -0.2) is 16.5 Å². The van der Waals surface area contributed by atoms with Gasteiger partial charge in [0, 0.05) is 12.6 Å². The second-order valence-electron chi connectivity index (χ2n) is 6.20. The number of aryl methyl sites for hydroxylation is 1. The topological polar surface area (TPSA) is 68.1 Å². The van der Waals surface area contributed by atoms with Gasteiger partial charge in [0.25, 0.3) is 5.69 Å². The van der Waals surface area contributed by atoms with Gasteiger partial charge < -0.3 is 5.32 Å². The van der Waals surface area contributed by atoms with Crippen LogP contribution in [0.15, 0.2) is 36.4 Å². The predicted octanol–water partition coefficient (Wildman–Crippen LogP) is 3.30. The van der Waals surface area contributed by atoms with Crippen molar-refractivity contribution in [3.8, 4) is 0 Å². The number of aromatic nitrogens is 1. The highest BCUT2D eigenvalue weighted by molar-refractivity contribution is 5.47. The van der Waals surface area contributed by atoms with Crippen LogP contribution in [0.3, 0.4) is 0 Å². The molecule has 1 aromatic carbocycles. The van der Waals surface area contributed by atoms with Gasteiger partial charge in [0.05, 0.1) is 4.92 Å². The molecule has 1 fully saturated rings. The van der Waals surface area contributed by atoms with E-state index >= 15 is 0 Å². The van der Waals surface area contributed by atoms with Gasteiger partial charge in [-0.05, 0) is 48.3 Å². The zero-order valence-corrected chi connectivity index (χ0v) is 12.3. The summed E-state index contributed by atoms with van der Waals surface area (Å²) < 4.78 is 0. The summed E-state index contributed by atoms with van der Waals surface area (Å²) >= 11 is 0. The number of hydrogen-bond acceptors (Lipinski definition) is 4. The lowest BCUT2D eigenvalue weighted by molar-refractivity contribution is -0.385. The summed E-state index contributed by atoms with van der Waals surface area (Å²) in [5, 5.41) is 14.1. The van der Waals surface area contributed by atoms with Gasteiger partial charge in [0.2, 0.25) is 0 Å². The molecule has 1 aromatic heterocycles. The lowest BCUT2D eigenvalue weighted by Crippen LogP contribution is -2.10. The number of nitrogens with one attached hydrogen (secondary N) is 1. The third-order valence-electron chi connectivity index (χ3n) is 4.97. The van der Waals surface area contributed by atoms with Crippen molar-refractivity contribution in [1.82, 2.24) is 4.98 Å². The molecule has 1 heterocycles. The predicted molar refractivity (Wildman–Crippen MR) is 84.0 cm³/mol. The highest BCUT2D eigenvalue weighted by atomic mass is 16.6. The minimum atomic E-state index is -0.395. The fourth-order valence-electron chi connectivity index (χ4n) is 3.83. The van der Waals surface area contributed by atoms with E-state index in [2.05, 4.69) is 34.6 Å². The molecule has 112 valence electrons. The molecular weight excluding hydrogens is 278 g/mol. The maximum atomic E-state index is 10.8. The second-order valence-corrected chi connectivity index (χ2v) is 6.20. The highest BCUT2D eigenvalue weighted by Gasteiger charge is 2.54. The van der Waals surface area contributed by atoms with Crippen molar-refractivity contribution in [2.45, 2.75) is 19.3 Å². The lowest BCUT2D eigenvalue weighted by Gasteiger charge is -2.09. The number of nitrogens with zero attached hydrogens (tertiary/aromatic N) is 2. The van der Waals surface area contributed by atoms with E-state index in [0.29, 0.717) is 17.5 Å². The Balaban J connectivity index is 1.41. The molecule has 2 aromatic rings. The maximum Gasteiger partial charge on any atom is 0.290 e. The highest BCUT2D eigenvalue weighted by Crippen LogP contribution is 2.61. The summed E-state index contributed by atoms with van der Waals surface area (Å²) in [5.41, 5.74) is 3.53. The zero-order valence-electron chi connectivity index (χ0n) is 12.3. The van der Waals surface area contributed by atoms with E-state index in [1.54, 1.807) is 13.0 Å². The van der Waals surface area contributed by atoms with Gasteiger partial charge in [0.1, 0.15) is 11.5 Å². The summed E-state index contributed by atoms with van der Waals surface area (Å²) in [6.45, 7) is 2.55. The monoisotopic (exact) mass is 295 g/mol. The Morgan fingerprint density at radius 1 is 1.32 bits per heavy atom. The fraction of sp³-hybridized carbons (Fsp3) is 0.353. The maximum absolute atomic E-state index is 10.8. The van der Waals surface area contributed by atoms with Crippen LogP contribution >= 0.6 is 0 Å². The molecule has 2 aliphatic carbocycles. The summed E-state index contributed by atoms with van der Waals surface area (Å²) in [4.78, 5) is 14.7. The van der Waals surface area contributed by atoms with Crippen LogP contribution < -0.4 is 5.32 Å². The van der Waals surface area contributed by atoms with E-state index in [4.69, 9.17) is 0 Å². The lowest BCUT2D eigenvalue weighted by atomic mass is 10.0. The normalized spacial score (nSPS) is 24.5. The molecule has 2 aliphatic rings. The van der Waals surface area contributed by atoms with Gasteiger partial charge in [-0.2, -0.15) is 0 Å². The summed E-state index contributed by atoms with van der Waals surface area (Å²) in [6.07, 6.45) is 1.18. The summed E-state index contributed by atoms with van der Waals surface area (Å²) in [6, 6.07) is 11.9. The van der Waals surface area contributed by atoms with E-state index < -0.39 is 4.92 Å². The molecular formula is C17H17N3O2. The van der Waals surface area contributed by atoms with Gasteiger partial charge in [0.15, 0.2) is 0 Å². The van der Waals surface area contributed by atoms with Gasteiger partial charge in [-0.15, -0.1) is 0 Å². The van der Waals surface area contributed by atoms with E-state index in [1.807, 2.05) is 0 Å². The SMILES string of the molecule is Cc1nc(NCC2C3Cc4ccccc4C23)ccc1[N+](=O)[O-]. The van der Waals surface area contributed by atoms with Crippen LogP contribution in [0, 0.1) is 28.9 Å². The van der Waals surface area contributed by atoms with Crippen molar-refractivity contribution in [1.29, 1.82) is 0 Å². The minimum absolute atomic E-state index is 0.0720. The van der Waals surface area contributed by atoms with Gasteiger partial charge in [-0.25, -0.2) is 4.98 Å². The average molecular weight is 295 g/mol. The Labute approximate surface area is 128 Å². The second kappa shape index (κ2) is 4.80. The van der Waals surface area contributed by atoms with Crippen molar-refractivity contribution in [3.05, 3.63) is 63.3 Å². The molecule has 1 N–H and O–H groups in total. The molecule has 1 saturated carbocycles. The molecule has 4 rings (SSSR count). The summed E-state index contributed by atoms with van der Waals surface area (Å²) in [7, 11) is 0. The summed E-state index contributed by atoms with van der Waals surface area (Å²) in [5.74, 6) is 2.82. The largest absolute Gasteiger partial charge is 0.370 e. The number of benzene rings is 1. The third-order valence-corrected chi connectivity index (χ3v) is 4.97. The zero-order chi connectivity index (χ0) is 15.3. The molecule has 5 nitrogen and oxygen atoms in total. The molecule has 0 amide bonds. The molecule has 3 atom stereocenters. The first-order valence-corrected chi connectivity index (χ1v) is 7.59.